The quantitative estimate of drug-likeness (QED) is 0.927. The van der Waals surface area contributed by atoms with Crippen LogP contribution in [0.3, 0.4) is 0 Å². The molecular formula is C11H14BrClFNO. The van der Waals surface area contributed by atoms with E-state index in [0.29, 0.717) is 22.7 Å². The first-order valence-electron chi connectivity index (χ1n) is 5.03. The molecule has 0 aliphatic carbocycles. The highest BCUT2D eigenvalue weighted by Crippen LogP contribution is 2.21. The van der Waals surface area contributed by atoms with Crippen molar-refractivity contribution in [3.8, 4) is 5.75 Å². The van der Waals surface area contributed by atoms with Crippen molar-refractivity contribution in [2.24, 2.45) is 5.92 Å². The van der Waals surface area contributed by atoms with Gasteiger partial charge in [0.1, 0.15) is 11.6 Å². The fourth-order valence-electron chi connectivity index (χ4n) is 1.68. The molecule has 0 aromatic heterocycles. The highest BCUT2D eigenvalue weighted by Gasteiger charge is 2.15. The Bertz CT molecular complexity index is 325. The molecule has 90 valence electrons. The van der Waals surface area contributed by atoms with Crippen LogP contribution in [0.15, 0.2) is 22.7 Å². The van der Waals surface area contributed by atoms with E-state index in [1.54, 1.807) is 6.07 Å². The summed E-state index contributed by atoms with van der Waals surface area (Å²) in [4.78, 5) is 0. The van der Waals surface area contributed by atoms with Gasteiger partial charge in [-0.25, -0.2) is 4.39 Å². The molecule has 1 atom stereocenters. The predicted octanol–water partition coefficient (Wildman–Crippen LogP) is 3.00. The Hall–Kier alpha value is -0.320. The van der Waals surface area contributed by atoms with Gasteiger partial charge in [0.25, 0.3) is 0 Å². The van der Waals surface area contributed by atoms with Crippen molar-refractivity contribution >= 4 is 28.3 Å². The minimum atomic E-state index is -0.274. The predicted molar refractivity (Wildman–Crippen MR) is 67.8 cm³/mol. The van der Waals surface area contributed by atoms with E-state index in [-0.39, 0.29) is 18.2 Å². The van der Waals surface area contributed by atoms with Gasteiger partial charge in [-0.1, -0.05) is 15.9 Å². The van der Waals surface area contributed by atoms with Gasteiger partial charge in [-0.15, -0.1) is 12.4 Å². The van der Waals surface area contributed by atoms with E-state index >= 15 is 0 Å². The number of rotatable bonds is 3. The van der Waals surface area contributed by atoms with Gasteiger partial charge in [-0.2, -0.15) is 0 Å². The van der Waals surface area contributed by atoms with Crippen molar-refractivity contribution in [2.75, 3.05) is 19.7 Å². The van der Waals surface area contributed by atoms with Crippen LogP contribution in [0.2, 0.25) is 0 Å². The molecule has 2 rings (SSSR count). The normalized spacial score (nSPS) is 19.2. The van der Waals surface area contributed by atoms with Gasteiger partial charge in [0, 0.05) is 23.0 Å². The number of hydrogen-bond donors (Lipinski definition) is 1. The van der Waals surface area contributed by atoms with E-state index in [1.165, 1.54) is 12.1 Å². The maximum atomic E-state index is 13.0. The lowest BCUT2D eigenvalue weighted by Crippen LogP contribution is -2.15. The molecule has 1 heterocycles. The Kier molecular flexibility index (Phi) is 5.52. The molecule has 1 aliphatic rings. The average molecular weight is 311 g/mol. The largest absolute Gasteiger partial charge is 0.493 e. The second-order valence-electron chi connectivity index (χ2n) is 3.77. The molecule has 1 aliphatic heterocycles. The number of benzene rings is 1. The van der Waals surface area contributed by atoms with Crippen LogP contribution in [-0.4, -0.2) is 19.7 Å². The van der Waals surface area contributed by atoms with Gasteiger partial charge in [-0.3, -0.25) is 0 Å². The third-order valence-corrected chi connectivity index (χ3v) is 2.94. The summed E-state index contributed by atoms with van der Waals surface area (Å²) in [6.07, 6.45) is 1.14. The van der Waals surface area contributed by atoms with E-state index in [1.807, 2.05) is 0 Å². The highest BCUT2D eigenvalue weighted by molar-refractivity contribution is 9.10. The maximum absolute atomic E-state index is 13.0. The van der Waals surface area contributed by atoms with E-state index in [9.17, 15) is 4.39 Å². The molecule has 0 spiro atoms. The van der Waals surface area contributed by atoms with Gasteiger partial charge in [0.2, 0.25) is 0 Å². The summed E-state index contributed by atoms with van der Waals surface area (Å²) < 4.78 is 19.3. The first-order valence-corrected chi connectivity index (χ1v) is 5.83. The lowest BCUT2D eigenvalue weighted by molar-refractivity contribution is 0.259. The van der Waals surface area contributed by atoms with Crippen LogP contribution in [-0.2, 0) is 0 Å². The fourth-order valence-corrected chi connectivity index (χ4v) is 2.13. The lowest BCUT2D eigenvalue weighted by atomic mass is 10.1. The summed E-state index contributed by atoms with van der Waals surface area (Å²) in [6, 6.07) is 4.61. The monoisotopic (exact) mass is 309 g/mol. The molecule has 5 heteroatoms. The summed E-state index contributed by atoms with van der Waals surface area (Å²) >= 11 is 3.23. The lowest BCUT2D eigenvalue weighted by Gasteiger charge is -2.11. The van der Waals surface area contributed by atoms with E-state index < -0.39 is 0 Å². The Morgan fingerprint density at radius 1 is 1.44 bits per heavy atom. The molecule has 16 heavy (non-hydrogen) atoms. The zero-order valence-corrected chi connectivity index (χ0v) is 11.1. The van der Waals surface area contributed by atoms with Crippen LogP contribution in [0.25, 0.3) is 0 Å². The van der Waals surface area contributed by atoms with Gasteiger partial charge >= 0.3 is 0 Å². The number of ether oxygens (including phenoxy) is 1. The second kappa shape index (κ2) is 6.42. The van der Waals surface area contributed by atoms with Gasteiger partial charge < -0.3 is 10.1 Å². The molecular weight excluding hydrogens is 296 g/mol. The third kappa shape index (κ3) is 3.92. The maximum Gasteiger partial charge on any atom is 0.128 e. The Balaban J connectivity index is 0.00000128. The SMILES string of the molecule is Cl.Fc1cc(Br)cc(OCC2CCNC2)c1. The summed E-state index contributed by atoms with van der Waals surface area (Å²) in [5, 5.41) is 3.27. The van der Waals surface area contributed by atoms with Crippen molar-refractivity contribution in [3.05, 3.63) is 28.5 Å². The van der Waals surface area contributed by atoms with Crippen molar-refractivity contribution < 1.29 is 9.13 Å². The van der Waals surface area contributed by atoms with E-state index in [0.717, 1.165) is 19.5 Å². The first kappa shape index (κ1) is 13.7. The Morgan fingerprint density at radius 3 is 2.88 bits per heavy atom. The van der Waals surface area contributed by atoms with Crippen molar-refractivity contribution in [3.63, 3.8) is 0 Å². The standard InChI is InChI=1S/C11H13BrFNO.ClH/c12-9-3-10(13)5-11(4-9)15-7-8-1-2-14-6-8;/h3-5,8,14H,1-2,6-7H2;1H. The summed E-state index contributed by atoms with van der Waals surface area (Å²) in [5.41, 5.74) is 0. The number of hydrogen-bond acceptors (Lipinski definition) is 2. The second-order valence-corrected chi connectivity index (χ2v) is 4.69. The first-order chi connectivity index (χ1) is 7.24. The molecule has 1 fully saturated rings. The van der Waals surface area contributed by atoms with Crippen LogP contribution in [0.5, 0.6) is 5.75 Å². The fraction of sp³-hybridized carbons (Fsp3) is 0.455. The minimum Gasteiger partial charge on any atom is -0.493 e. The van der Waals surface area contributed by atoms with E-state index in [4.69, 9.17) is 4.74 Å². The molecule has 1 saturated heterocycles. The van der Waals surface area contributed by atoms with Crippen LogP contribution in [0, 0.1) is 11.7 Å². The third-order valence-electron chi connectivity index (χ3n) is 2.48. The van der Waals surface area contributed by atoms with Crippen LogP contribution >= 0.6 is 28.3 Å². The highest BCUT2D eigenvalue weighted by atomic mass is 79.9. The van der Waals surface area contributed by atoms with Crippen LogP contribution in [0.1, 0.15) is 6.42 Å². The number of halogens is 3. The summed E-state index contributed by atoms with van der Waals surface area (Å²) in [6.45, 7) is 2.71. The zero-order valence-electron chi connectivity index (χ0n) is 8.71. The van der Waals surface area contributed by atoms with Gasteiger partial charge in [0.15, 0.2) is 0 Å². The summed E-state index contributed by atoms with van der Waals surface area (Å²) in [5.74, 6) is 0.865. The topological polar surface area (TPSA) is 21.3 Å². The smallest absolute Gasteiger partial charge is 0.128 e. The van der Waals surface area contributed by atoms with Gasteiger partial charge in [-0.05, 0) is 25.1 Å². The summed E-state index contributed by atoms with van der Waals surface area (Å²) in [7, 11) is 0. The zero-order chi connectivity index (χ0) is 10.7. The molecule has 1 unspecified atom stereocenters. The Morgan fingerprint density at radius 2 is 2.25 bits per heavy atom. The molecule has 0 radical (unpaired) electrons. The Labute approximate surface area is 109 Å². The van der Waals surface area contributed by atoms with Crippen molar-refractivity contribution in [1.82, 2.24) is 5.32 Å². The van der Waals surface area contributed by atoms with Crippen LogP contribution < -0.4 is 10.1 Å². The molecule has 1 aromatic rings. The average Bonchev–Trinajstić information content (AvgIpc) is 2.65. The number of nitrogens with one attached hydrogen (secondary N) is 1. The van der Waals surface area contributed by atoms with Crippen LogP contribution in [0.4, 0.5) is 4.39 Å². The van der Waals surface area contributed by atoms with Crippen molar-refractivity contribution in [1.29, 1.82) is 0 Å². The molecule has 0 saturated carbocycles. The molecule has 0 amide bonds. The minimum absolute atomic E-state index is 0. The van der Waals surface area contributed by atoms with Gasteiger partial charge in [0.05, 0.1) is 6.61 Å². The van der Waals surface area contributed by atoms with E-state index in [2.05, 4.69) is 21.2 Å². The molecule has 2 nitrogen and oxygen atoms in total. The van der Waals surface area contributed by atoms with Crippen molar-refractivity contribution in [2.45, 2.75) is 6.42 Å². The molecule has 0 bridgehead atoms. The molecule has 1 N–H and O–H groups in total. The molecule has 1 aromatic carbocycles.